The first-order valence-electron chi connectivity index (χ1n) is 7.67. The first-order valence-corrected chi connectivity index (χ1v) is 7.67. The van der Waals surface area contributed by atoms with Crippen LogP contribution in [0.2, 0.25) is 0 Å². The average Bonchev–Trinajstić information content (AvgIpc) is 2.61. The van der Waals surface area contributed by atoms with Gasteiger partial charge in [-0.05, 0) is 37.1 Å². The fourth-order valence-corrected chi connectivity index (χ4v) is 1.85. The van der Waals surface area contributed by atoms with E-state index < -0.39 is 22.5 Å². The minimum atomic E-state index is -1.32. The molecular weight excluding hydrogens is 354 g/mol. The minimum absolute atomic E-state index is 0.246. The Hall–Kier alpha value is -3.44. The van der Waals surface area contributed by atoms with Crippen LogP contribution in [-0.2, 0) is 19.1 Å². The number of hydrogen-bond acceptors (Lipinski definition) is 7. The van der Waals surface area contributed by atoms with Crippen molar-refractivity contribution in [3.63, 3.8) is 0 Å². The summed E-state index contributed by atoms with van der Waals surface area (Å²) in [6, 6.07) is 2.45. The molecule has 1 N–H and O–H groups in total. The van der Waals surface area contributed by atoms with Crippen molar-refractivity contribution in [2.75, 3.05) is 14.2 Å². The van der Waals surface area contributed by atoms with Crippen LogP contribution in [0.5, 0.6) is 0 Å². The summed E-state index contributed by atoms with van der Waals surface area (Å²) in [4.78, 5) is 33.4. The Balaban J connectivity index is 3.70. The third kappa shape index (κ3) is 7.13. The lowest BCUT2D eigenvalue weighted by atomic mass is 9.98. The van der Waals surface area contributed by atoms with Crippen LogP contribution < -0.4 is 0 Å². The molecule has 0 unspecified atom stereocenters. The molecule has 0 aliphatic rings. The van der Waals surface area contributed by atoms with Gasteiger partial charge in [0.25, 0.3) is 5.69 Å². The number of carbonyl (C=O) groups is 2. The molecule has 0 radical (unpaired) electrons. The van der Waals surface area contributed by atoms with Gasteiger partial charge >= 0.3 is 11.9 Å². The Morgan fingerprint density at radius 3 is 1.89 bits per heavy atom. The van der Waals surface area contributed by atoms with Gasteiger partial charge in [-0.1, -0.05) is 11.8 Å². The van der Waals surface area contributed by atoms with E-state index in [-0.39, 0.29) is 22.4 Å². The number of methoxy groups -OCH3 is 2. The third-order valence-electron chi connectivity index (χ3n) is 3.09. The number of rotatable bonds is 5. The van der Waals surface area contributed by atoms with E-state index in [1.54, 1.807) is 0 Å². The molecule has 142 valence electrons. The fourth-order valence-electron chi connectivity index (χ4n) is 1.85. The molecule has 0 saturated heterocycles. The van der Waals surface area contributed by atoms with E-state index in [1.807, 2.05) is 0 Å². The van der Waals surface area contributed by atoms with Crippen molar-refractivity contribution in [3.8, 4) is 11.8 Å². The average molecular weight is 373 g/mol. The van der Waals surface area contributed by atoms with Crippen molar-refractivity contribution >= 4 is 29.8 Å². The molecular formula is C19H19NO7. The summed E-state index contributed by atoms with van der Waals surface area (Å²) in [6.07, 6.45) is 4.79. The molecule has 0 atom stereocenters. The second kappa shape index (κ2) is 9.31. The number of non-ortho nitro benzene ring substituents is 1. The summed E-state index contributed by atoms with van der Waals surface area (Å²) in [6.45, 7) is 2.94. The molecule has 1 rings (SSSR count). The van der Waals surface area contributed by atoms with E-state index in [9.17, 15) is 24.8 Å². The molecule has 0 aliphatic heterocycles. The predicted octanol–water partition coefficient (Wildman–Crippen LogP) is 2.09. The van der Waals surface area contributed by atoms with Crippen LogP contribution in [0.15, 0.2) is 24.3 Å². The molecule has 0 saturated carbocycles. The Kier molecular flexibility index (Phi) is 7.45. The summed E-state index contributed by atoms with van der Waals surface area (Å²) >= 11 is 0. The second-order valence-corrected chi connectivity index (χ2v) is 5.78. The van der Waals surface area contributed by atoms with E-state index in [1.165, 1.54) is 52.4 Å². The number of hydrogen-bond donors (Lipinski definition) is 1. The Morgan fingerprint density at radius 1 is 1.11 bits per heavy atom. The van der Waals surface area contributed by atoms with Crippen molar-refractivity contribution < 1.29 is 29.1 Å². The van der Waals surface area contributed by atoms with Gasteiger partial charge in [-0.3, -0.25) is 10.1 Å². The lowest BCUT2D eigenvalue weighted by Crippen LogP contribution is -2.14. The van der Waals surface area contributed by atoms with Crippen LogP contribution in [-0.4, -0.2) is 41.8 Å². The number of benzene rings is 1. The maximum absolute atomic E-state index is 11.4. The van der Waals surface area contributed by atoms with Crippen molar-refractivity contribution in [2.45, 2.75) is 19.4 Å². The summed E-state index contributed by atoms with van der Waals surface area (Å²) in [5.74, 6) is 4.03. The molecule has 0 amide bonds. The summed E-state index contributed by atoms with van der Waals surface area (Å²) < 4.78 is 9.03. The van der Waals surface area contributed by atoms with Crippen LogP contribution in [0.4, 0.5) is 5.69 Å². The molecule has 0 fully saturated rings. The van der Waals surface area contributed by atoms with Crippen molar-refractivity contribution in [1.29, 1.82) is 0 Å². The quantitative estimate of drug-likeness (QED) is 0.276. The fraction of sp³-hybridized carbons (Fsp3) is 0.263. The van der Waals surface area contributed by atoms with Gasteiger partial charge in [-0.25, -0.2) is 9.59 Å². The zero-order chi connectivity index (χ0) is 20.6. The van der Waals surface area contributed by atoms with E-state index in [2.05, 4.69) is 21.3 Å². The maximum atomic E-state index is 11.4. The van der Waals surface area contributed by atoms with E-state index >= 15 is 0 Å². The van der Waals surface area contributed by atoms with Gasteiger partial charge in [-0.15, -0.1) is 0 Å². The summed E-state index contributed by atoms with van der Waals surface area (Å²) in [7, 11) is 2.39. The second-order valence-electron chi connectivity index (χ2n) is 5.78. The highest BCUT2D eigenvalue weighted by molar-refractivity contribution is 5.90. The van der Waals surface area contributed by atoms with Crippen molar-refractivity contribution in [3.05, 3.63) is 51.1 Å². The minimum Gasteiger partial charge on any atom is -0.466 e. The van der Waals surface area contributed by atoms with Gasteiger partial charge in [0.2, 0.25) is 0 Å². The molecule has 8 heteroatoms. The molecule has 0 spiro atoms. The molecule has 0 aliphatic carbocycles. The topological polar surface area (TPSA) is 116 Å². The van der Waals surface area contributed by atoms with Crippen LogP contribution in [0.25, 0.3) is 12.2 Å². The van der Waals surface area contributed by atoms with Gasteiger partial charge in [-0.2, -0.15) is 0 Å². The van der Waals surface area contributed by atoms with Gasteiger partial charge in [0.15, 0.2) is 0 Å². The smallest absolute Gasteiger partial charge is 0.330 e. The largest absolute Gasteiger partial charge is 0.466 e. The maximum Gasteiger partial charge on any atom is 0.330 e. The molecule has 0 heterocycles. The van der Waals surface area contributed by atoms with E-state index in [4.69, 9.17) is 0 Å². The number of ether oxygens (including phenoxy) is 2. The van der Waals surface area contributed by atoms with Crippen LogP contribution >= 0.6 is 0 Å². The number of nitrogens with zero attached hydrogens (tertiary/aromatic N) is 1. The lowest BCUT2D eigenvalue weighted by molar-refractivity contribution is -0.384. The molecule has 1 aromatic carbocycles. The van der Waals surface area contributed by atoms with Gasteiger partial charge < -0.3 is 14.6 Å². The molecule has 1 aromatic rings. The Labute approximate surface area is 156 Å². The number of esters is 2. The van der Waals surface area contributed by atoms with Crippen molar-refractivity contribution in [1.82, 2.24) is 0 Å². The highest BCUT2D eigenvalue weighted by Crippen LogP contribution is 2.25. The predicted molar refractivity (Wildman–Crippen MR) is 98.4 cm³/mol. The third-order valence-corrected chi connectivity index (χ3v) is 3.09. The number of nitro groups is 1. The Morgan fingerprint density at radius 2 is 1.56 bits per heavy atom. The summed E-state index contributed by atoms with van der Waals surface area (Å²) in [5.41, 5.74) is -0.818. The standard InChI is InChI=1S/C19H19NO7/c1-19(2,23)10-9-16-13(5-7-17(21)26-3)11-15(20(24)25)12-14(16)6-8-18(22)27-4/h5-8,11-12,23H,1-4H3/b7-5+,8-6+. The molecule has 27 heavy (non-hydrogen) atoms. The highest BCUT2D eigenvalue weighted by atomic mass is 16.6. The van der Waals surface area contributed by atoms with Crippen LogP contribution in [0.3, 0.4) is 0 Å². The van der Waals surface area contributed by atoms with E-state index in [0.717, 1.165) is 12.2 Å². The van der Waals surface area contributed by atoms with Gasteiger partial charge in [0.05, 0.1) is 19.1 Å². The zero-order valence-corrected chi connectivity index (χ0v) is 15.3. The number of nitro benzene ring substituents is 1. The van der Waals surface area contributed by atoms with Crippen LogP contribution in [0.1, 0.15) is 30.5 Å². The molecule has 8 nitrogen and oxygen atoms in total. The zero-order valence-electron chi connectivity index (χ0n) is 15.3. The van der Waals surface area contributed by atoms with Gasteiger partial charge in [0, 0.05) is 29.8 Å². The molecule has 0 aromatic heterocycles. The first kappa shape index (κ1) is 21.6. The number of carbonyl (C=O) groups excluding carboxylic acids is 2. The van der Waals surface area contributed by atoms with Crippen LogP contribution in [0, 0.1) is 22.0 Å². The highest BCUT2D eigenvalue weighted by Gasteiger charge is 2.15. The normalized spacial score (nSPS) is 11.1. The SMILES string of the molecule is COC(=O)/C=C/c1cc([N+](=O)[O-])cc(/C=C/C(=O)OC)c1C#CC(C)(C)O. The lowest BCUT2D eigenvalue weighted by Gasteiger charge is -2.09. The van der Waals surface area contributed by atoms with Gasteiger partial charge in [0.1, 0.15) is 5.60 Å². The molecule has 0 bridgehead atoms. The first-order chi connectivity index (χ1) is 12.6. The van der Waals surface area contributed by atoms with E-state index in [0.29, 0.717) is 0 Å². The summed E-state index contributed by atoms with van der Waals surface area (Å²) in [5, 5.41) is 21.1. The number of aliphatic hydroxyl groups is 1. The monoisotopic (exact) mass is 373 g/mol. The Bertz CT molecular complexity index is 817. The van der Waals surface area contributed by atoms with Crippen molar-refractivity contribution in [2.24, 2.45) is 0 Å².